The molecule has 2 aromatic rings. The molecule has 1 aliphatic rings. The summed E-state index contributed by atoms with van der Waals surface area (Å²) in [5, 5.41) is 3.11. The molecule has 2 amide bonds. The number of piperidine rings is 1. The Balaban J connectivity index is 1.33. The highest BCUT2D eigenvalue weighted by Crippen LogP contribution is 2.22. The second kappa shape index (κ2) is 10.8. The fourth-order valence-electron chi connectivity index (χ4n) is 3.92. The Bertz CT molecular complexity index is 822. The fourth-order valence-corrected chi connectivity index (χ4v) is 3.92. The van der Waals surface area contributed by atoms with Gasteiger partial charge in [-0.3, -0.25) is 9.59 Å². The Morgan fingerprint density at radius 1 is 1.00 bits per heavy atom. The van der Waals surface area contributed by atoms with Crippen molar-refractivity contribution in [3.63, 3.8) is 0 Å². The average Bonchev–Trinajstić information content (AvgIpc) is 2.74. The first-order valence-electron chi connectivity index (χ1n) is 10.8. The zero-order chi connectivity index (χ0) is 21.3. The molecule has 3 rings (SSSR count). The van der Waals surface area contributed by atoms with E-state index in [1.165, 1.54) is 0 Å². The molecule has 0 aromatic heterocycles. The fraction of sp³-hybridized carbons (Fsp3) is 0.440. The monoisotopic (exact) mass is 408 g/mol. The van der Waals surface area contributed by atoms with Gasteiger partial charge in [0.1, 0.15) is 5.75 Å². The van der Waals surface area contributed by atoms with Gasteiger partial charge in [0, 0.05) is 25.6 Å². The van der Waals surface area contributed by atoms with Gasteiger partial charge in [-0.25, -0.2) is 0 Å². The highest BCUT2D eigenvalue weighted by molar-refractivity contribution is 5.79. The van der Waals surface area contributed by atoms with Crippen molar-refractivity contribution in [1.82, 2.24) is 10.2 Å². The summed E-state index contributed by atoms with van der Waals surface area (Å²) in [6.07, 6.45) is 3.23. The van der Waals surface area contributed by atoms with Gasteiger partial charge in [0.25, 0.3) is 0 Å². The third kappa shape index (κ3) is 6.34. The second-order valence-electron chi connectivity index (χ2n) is 8.06. The van der Waals surface area contributed by atoms with Gasteiger partial charge in [-0.1, -0.05) is 48.5 Å². The molecule has 0 unspecified atom stereocenters. The number of nitrogens with zero attached hydrogens (tertiary/aromatic N) is 1. The number of para-hydroxylation sites is 1. The minimum Gasteiger partial charge on any atom is -0.493 e. The summed E-state index contributed by atoms with van der Waals surface area (Å²) in [6.45, 7) is 6.02. The maximum Gasteiger partial charge on any atom is 0.224 e. The van der Waals surface area contributed by atoms with Crippen LogP contribution in [-0.2, 0) is 16.0 Å². The van der Waals surface area contributed by atoms with Crippen LogP contribution in [0.15, 0.2) is 48.5 Å². The van der Waals surface area contributed by atoms with Crippen LogP contribution in [0.2, 0.25) is 0 Å². The van der Waals surface area contributed by atoms with E-state index in [0.29, 0.717) is 39.0 Å². The summed E-state index contributed by atoms with van der Waals surface area (Å²) in [5.41, 5.74) is 3.26. The maximum atomic E-state index is 12.5. The Morgan fingerprint density at radius 3 is 2.33 bits per heavy atom. The zero-order valence-electron chi connectivity index (χ0n) is 18.0. The van der Waals surface area contributed by atoms with Crippen LogP contribution in [0, 0.1) is 13.8 Å². The molecule has 1 fully saturated rings. The molecule has 1 heterocycles. The molecular formula is C25H32N2O3. The summed E-state index contributed by atoms with van der Waals surface area (Å²) in [7, 11) is 0. The molecule has 0 radical (unpaired) electrons. The van der Waals surface area contributed by atoms with E-state index in [2.05, 4.69) is 5.32 Å². The topological polar surface area (TPSA) is 58.6 Å². The molecule has 160 valence electrons. The van der Waals surface area contributed by atoms with E-state index in [0.717, 1.165) is 35.3 Å². The third-order valence-electron chi connectivity index (χ3n) is 5.61. The van der Waals surface area contributed by atoms with Crippen molar-refractivity contribution in [1.29, 1.82) is 0 Å². The average molecular weight is 409 g/mol. The van der Waals surface area contributed by atoms with Crippen molar-refractivity contribution in [3.05, 3.63) is 65.2 Å². The number of hydrogen-bond acceptors (Lipinski definition) is 3. The predicted molar refractivity (Wildman–Crippen MR) is 119 cm³/mol. The molecule has 0 saturated carbocycles. The van der Waals surface area contributed by atoms with Crippen molar-refractivity contribution >= 4 is 11.8 Å². The summed E-state index contributed by atoms with van der Waals surface area (Å²) >= 11 is 0. The van der Waals surface area contributed by atoms with Gasteiger partial charge < -0.3 is 15.0 Å². The summed E-state index contributed by atoms with van der Waals surface area (Å²) in [4.78, 5) is 26.6. The van der Waals surface area contributed by atoms with Gasteiger partial charge in [-0.2, -0.15) is 0 Å². The third-order valence-corrected chi connectivity index (χ3v) is 5.61. The van der Waals surface area contributed by atoms with Crippen LogP contribution in [0.25, 0.3) is 0 Å². The largest absolute Gasteiger partial charge is 0.493 e. The first kappa shape index (κ1) is 21.9. The van der Waals surface area contributed by atoms with E-state index in [1.54, 1.807) is 0 Å². The molecule has 5 heteroatoms. The quantitative estimate of drug-likeness (QED) is 0.676. The van der Waals surface area contributed by atoms with Gasteiger partial charge in [0.05, 0.1) is 13.0 Å². The number of nitrogens with one attached hydrogen (secondary N) is 1. The van der Waals surface area contributed by atoms with E-state index in [9.17, 15) is 9.59 Å². The zero-order valence-corrected chi connectivity index (χ0v) is 18.0. The molecule has 0 spiro atoms. The van der Waals surface area contributed by atoms with Gasteiger partial charge in [-0.15, -0.1) is 0 Å². The van der Waals surface area contributed by atoms with Crippen LogP contribution >= 0.6 is 0 Å². The maximum absolute atomic E-state index is 12.5. The van der Waals surface area contributed by atoms with Gasteiger partial charge in [-0.05, 0) is 49.8 Å². The van der Waals surface area contributed by atoms with Crippen LogP contribution in [0.4, 0.5) is 0 Å². The lowest BCUT2D eigenvalue weighted by atomic mass is 10.0. The molecule has 0 atom stereocenters. The highest BCUT2D eigenvalue weighted by Gasteiger charge is 2.23. The number of likely N-dealkylation sites (tertiary alicyclic amines) is 1. The Kier molecular flexibility index (Phi) is 7.89. The number of benzene rings is 2. The second-order valence-corrected chi connectivity index (χ2v) is 8.06. The number of rotatable bonds is 8. The SMILES string of the molecule is Cc1cccc(C)c1OCCCC(=O)N1CCC(NC(=O)Cc2ccccc2)CC1. The minimum atomic E-state index is 0.0506. The van der Waals surface area contributed by atoms with E-state index >= 15 is 0 Å². The number of ether oxygens (including phenoxy) is 1. The molecule has 1 N–H and O–H groups in total. The molecule has 0 bridgehead atoms. The van der Waals surface area contributed by atoms with Crippen LogP contribution in [-0.4, -0.2) is 42.5 Å². The smallest absolute Gasteiger partial charge is 0.224 e. The minimum absolute atomic E-state index is 0.0506. The van der Waals surface area contributed by atoms with Crippen LogP contribution in [0.5, 0.6) is 5.75 Å². The van der Waals surface area contributed by atoms with Gasteiger partial charge >= 0.3 is 0 Å². The van der Waals surface area contributed by atoms with Crippen molar-refractivity contribution < 1.29 is 14.3 Å². The first-order valence-corrected chi connectivity index (χ1v) is 10.8. The lowest BCUT2D eigenvalue weighted by Crippen LogP contribution is -2.46. The van der Waals surface area contributed by atoms with Crippen molar-refractivity contribution in [2.75, 3.05) is 19.7 Å². The number of aryl methyl sites for hydroxylation is 2. The van der Waals surface area contributed by atoms with E-state index in [1.807, 2.05) is 67.3 Å². The number of amides is 2. The van der Waals surface area contributed by atoms with Crippen LogP contribution < -0.4 is 10.1 Å². The lowest BCUT2D eigenvalue weighted by molar-refractivity contribution is -0.132. The number of hydrogen-bond donors (Lipinski definition) is 1. The van der Waals surface area contributed by atoms with E-state index in [-0.39, 0.29) is 17.9 Å². The molecular weight excluding hydrogens is 376 g/mol. The molecule has 0 aliphatic carbocycles. The standard InChI is InChI=1S/C25H32N2O3/c1-19-8-6-9-20(2)25(19)30-17-7-12-24(29)27-15-13-22(14-16-27)26-23(28)18-21-10-4-3-5-11-21/h3-6,8-11,22H,7,12-18H2,1-2H3,(H,26,28). The predicted octanol–water partition coefficient (Wildman–Crippen LogP) is 3.81. The normalized spacial score (nSPS) is 14.4. The van der Waals surface area contributed by atoms with Crippen LogP contribution in [0.1, 0.15) is 42.4 Å². The number of carbonyl (C=O) groups is 2. The Hall–Kier alpha value is -2.82. The molecule has 2 aromatic carbocycles. The van der Waals surface area contributed by atoms with Gasteiger partial charge in [0.2, 0.25) is 11.8 Å². The molecule has 1 aliphatic heterocycles. The van der Waals surface area contributed by atoms with Crippen LogP contribution in [0.3, 0.4) is 0 Å². The Morgan fingerprint density at radius 2 is 1.67 bits per heavy atom. The van der Waals surface area contributed by atoms with Gasteiger partial charge in [0.15, 0.2) is 0 Å². The lowest BCUT2D eigenvalue weighted by Gasteiger charge is -2.32. The van der Waals surface area contributed by atoms with E-state index < -0.39 is 0 Å². The highest BCUT2D eigenvalue weighted by atomic mass is 16.5. The van der Waals surface area contributed by atoms with Crippen molar-refractivity contribution in [2.24, 2.45) is 0 Å². The molecule has 1 saturated heterocycles. The molecule has 30 heavy (non-hydrogen) atoms. The Labute approximate surface area is 179 Å². The summed E-state index contributed by atoms with van der Waals surface area (Å²) < 4.78 is 5.90. The summed E-state index contributed by atoms with van der Waals surface area (Å²) in [5.74, 6) is 1.15. The number of carbonyl (C=O) groups excluding carboxylic acids is 2. The van der Waals surface area contributed by atoms with E-state index in [4.69, 9.17) is 4.74 Å². The summed E-state index contributed by atoms with van der Waals surface area (Å²) in [6, 6.07) is 16.0. The molecule has 5 nitrogen and oxygen atoms in total. The van der Waals surface area contributed by atoms with Crippen molar-refractivity contribution in [2.45, 2.75) is 52.0 Å². The van der Waals surface area contributed by atoms with Crippen molar-refractivity contribution in [3.8, 4) is 5.75 Å². The first-order chi connectivity index (χ1) is 14.5.